The molecule has 2 aromatic rings. The van der Waals surface area contributed by atoms with Crippen LogP contribution in [0.25, 0.3) is 0 Å². The smallest absolute Gasteiger partial charge is 0.165 e. The molecule has 104 valence electrons. The molecule has 0 saturated heterocycles. The van der Waals surface area contributed by atoms with Gasteiger partial charge in [0.25, 0.3) is 0 Å². The second-order valence-corrected chi connectivity index (χ2v) is 4.51. The topological polar surface area (TPSA) is 50.0 Å². The second kappa shape index (κ2) is 5.66. The van der Waals surface area contributed by atoms with Gasteiger partial charge >= 0.3 is 0 Å². The summed E-state index contributed by atoms with van der Waals surface area (Å²) in [4.78, 5) is 0. The van der Waals surface area contributed by atoms with Crippen LogP contribution in [0.2, 0.25) is 0 Å². The molecular formula is C15H16FN3O. The molecule has 0 spiro atoms. The van der Waals surface area contributed by atoms with Crippen molar-refractivity contribution in [2.45, 2.75) is 13.5 Å². The monoisotopic (exact) mass is 273 g/mol. The number of nitrogens with one attached hydrogen (secondary N) is 1. The lowest BCUT2D eigenvalue weighted by Crippen LogP contribution is -2.02. The molecule has 0 bridgehead atoms. The number of nitrogens with zero attached hydrogens (tertiary/aromatic N) is 2. The molecule has 4 nitrogen and oxygen atoms in total. The van der Waals surface area contributed by atoms with Crippen LogP contribution in [0.1, 0.15) is 17.0 Å². The first kappa shape index (κ1) is 13.9. The maximum Gasteiger partial charge on any atom is 0.165 e. The van der Waals surface area contributed by atoms with E-state index < -0.39 is 0 Å². The van der Waals surface area contributed by atoms with Crippen LogP contribution in [-0.2, 0) is 13.6 Å². The first-order valence-corrected chi connectivity index (χ1v) is 6.19. The molecule has 1 aromatic heterocycles. The van der Waals surface area contributed by atoms with Gasteiger partial charge in [0.2, 0.25) is 0 Å². The molecule has 0 radical (unpaired) electrons. The molecule has 1 aromatic carbocycles. The molecular weight excluding hydrogens is 257 g/mol. The van der Waals surface area contributed by atoms with Gasteiger partial charge < -0.3 is 14.6 Å². The molecule has 5 heteroatoms. The Morgan fingerprint density at radius 2 is 2.15 bits per heavy atom. The van der Waals surface area contributed by atoms with E-state index in [1.54, 1.807) is 12.1 Å². The number of aromatic nitrogens is 1. The highest BCUT2D eigenvalue weighted by atomic mass is 19.1. The summed E-state index contributed by atoms with van der Waals surface area (Å²) < 4.78 is 20.1. The number of methoxy groups -OCH3 is 1. The Morgan fingerprint density at radius 3 is 2.75 bits per heavy atom. The Labute approximate surface area is 117 Å². The molecule has 0 amide bonds. The lowest BCUT2D eigenvalue weighted by Gasteiger charge is -2.09. The third kappa shape index (κ3) is 2.59. The van der Waals surface area contributed by atoms with Crippen LogP contribution in [0.5, 0.6) is 5.75 Å². The summed E-state index contributed by atoms with van der Waals surface area (Å²) in [6.45, 7) is 2.53. The zero-order chi connectivity index (χ0) is 14.7. The van der Waals surface area contributed by atoms with Crippen LogP contribution in [0.4, 0.5) is 10.1 Å². The first-order chi connectivity index (χ1) is 9.56. The van der Waals surface area contributed by atoms with Crippen molar-refractivity contribution in [1.29, 1.82) is 5.26 Å². The Hall–Kier alpha value is -2.48. The van der Waals surface area contributed by atoms with E-state index in [2.05, 4.69) is 11.4 Å². The van der Waals surface area contributed by atoms with Gasteiger partial charge in [-0.3, -0.25) is 0 Å². The van der Waals surface area contributed by atoms with Crippen molar-refractivity contribution in [2.24, 2.45) is 7.05 Å². The van der Waals surface area contributed by atoms with Crippen LogP contribution < -0.4 is 10.1 Å². The van der Waals surface area contributed by atoms with Crippen molar-refractivity contribution in [3.63, 3.8) is 0 Å². The summed E-state index contributed by atoms with van der Waals surface area (Å²) in [5.74, 6) is -0.182. The molecule has 2 rings (SSSR count). The largest absolute Gasteiger partial charge is 0.494 e. The maximum atomic E-state index is 13.3. The molecule has 1 N–H and O–H groups in total. The van der Waals surface area contributed by atoms with Gasteiger partial charge in [0.15, 0.2) is 11.6 Å². The standard InChI is InChI=1S/C15H16FN3O/c1-10-11(6-13(8-17)19(10)2)9-18-12-4-5-14(16)15(7-12)20-3/h4-7,18H,9H2,1-3H3. The molecule has 0 aliphatic carbocycles. The van der Waals surface area contributed by atoms with Crippen molar-refractivity contribution < 1.29 is 9.13 Å². The number of benzene rings is 1. The number of ether oxygens (including phenoxy) is 1. The highest BCUT2D eigenvalue weighted by molar-refractivity contribution is 5.49. The number of hydrogen-bond donors (Lipinski definition) is 1. The fourth-order valence-corrected chi connectivity index (χ4v) is 2.02. The fourth-order valence-electron chi connectivity index (χ4n) is 2.02. The predicted molar refractivity (Wildman–Crippen MR) is 75.1 cm³/mol. The normalized spacial score (nSPS) is 10.2. The lowest BCUT2D eigenvalue weighted by molar-refractivity contribution is 0.387. The van der Waals surface area contributed by atoms with E-state index in [0.717, 1.165) is 16.9 Å². The minimum Gasteiger partial charge on any atom is -0.494 e. The summed E-state index contributed by atoms with van der Waals surface area (Å²) >= 11 is 0. The SMILES string of the molecule is COc1cc(NCc2cc(C#N)n(C)c2C)ccc1F. The number of nitriles is 1. The van der Waals surface area contributed by atoms with E-state index >= 15 is 0 Å². The minimum absolute atomic E-state index is 0.206. The number of halogens is 1. The van der Waals surface area contributed by atoms with Crippen molar-refractivity contribution >= 4 is 5.69 Å². The predicted octanol–water partition coefficient (Wildman–Crippen LogP) is 2.97. The van der Waals surface area contributed by atoms with Gasteiger partial charge in [-0.1, -0.05) is 0 Å². The average Bonchev–Trinajstić information content (AvgIpc) is 2.74. The number of rotatable bonds is 4. The van der Waals surface area contributed by atoms with Gasteiger partial charge in [-0.2, -0.15) is 5.26 Å². The van der Waals surface area contributed by atoms with Crippen LogP contribution in [0.3, 0.4) is 0 Å². The number of hydrogen-bond acceptors (Lipinski definition) is 3. The Kier molecular flexibility index (Phi) is 3.94. The van der Waals surface area contributed by atoms with Gasteiger partial charge in [-0.15, -0.1) is 0 Å². The van der Waals surface area contributed by atoms with Crippen LogP contribution >= 0.6 is 0 Å². The van der Waals surface area contributed by atoms with Crippen molar-refractivity contribution in [3.05, 3.63) is 47.0 Å². The van der Waals surface area contributed by atoms with Gasteiger partial charge in [-0.05, 0) is 30.7 Å². The molecule has 20 heavy (non-hydrogen) atoms. The van der Waals surface area contributed by atoms with Crippen LogP contribution in [0, 0.1) is 24.1 Å². The maximum absolute atomic E-state index is 13.3. The average molecular weight is 273 g/mol. The molecule has 0 atom stereocenters. The zero-order valence-electron chi connectivity index (χ0n) is 11.7. The molecule has 0 fully saturated rings. The van der Waals surface area contributed by atoms with Crippen molar-refractivity contribution in [3.8, 4) is 11.8 Å². The van der Waals surface area contributed by atoms with E-state index in [4.69, 9.17) is 10.00 Å². The fraction of sp³-hybridized carbons (Fsp3) is 0.267. The Balaban J connectivity index is 2.15. The van der Waals surface area contributed by atoms with Gasteiger partial charge in [0.1, 0.15) is 11.8 Å². The first-order valence-electron chi connectivity index (χ1n) is 6.19. The lowest BCUT2D eigenvalue weighted by atomic mass is 10.2. The van der Waals surface area contributed by atoms with Crippen molar-refractivity contribution in [2.75, 3.05) is 12.4 Å². The summed E-state index contributed by atoms with van der Waals surface area (Å²) in [5, 5.41) is 12.2. The van der Waals surface area contributed by atoms with Gasteiger partial charge in [-0.25, -0.2) is 4.39 Å². The highest BCUT2D eigenvalue weighted by Crippen LogP contribution is 2.22. The molecule has 0 aliphatic rings. The van der Waals surface area contributed by atoms with Crippen LogP contribution in [0.15, 0.2) is 24.3 Å². The Bertz CT molecular complexity index is 670. The summed E-state index contributed by atoms with van der Waals surface area (Å²) in [7, 11) is 3.29. The third-order valence-electron chi connectivity index (χ3n) is 3.39. The highest BCUT2D eigenvalue weighted by Gasteiger charge is 2.09. The molecule has 1 heterocycles. The molecule has 0 unspecified atom stereocenters. The molecule has 0 aliphatic heterocycles. The summed E-state index contributed by atoms with van der Waals surface area (Å²) in [5.41, 5.74) is 3.46. The van der Waals surface area contributed by atoms with Crippen LogP contribution in [-0.4, -0.2) is 11.7 Å². The van der Waals surface area contributed by atoms with E-state index in [1.807, 2.05) is 24.6 Å². The number of anilines is 1. The van der Waals surface area contributed by atoms with Gasteiger partial charge in [0, 0.05) is 31.0 Å². The summed E-state index contributed by atoms with van der Waals surface area (Å²) in [6.07, 6.45) is 0. The van der Waals surface area contributed by atoms with Gasteiger partial charge in [0.05, 0.1) is 7.11 Å². The summed E-state index contributed by atoms with van der Waals surface area (Å²) in [6, 6.07) is 8.62. The molecule has 0 saturated carbocycles. The Morgan fingerprint density at radius 1 is 1.40 bits per heavy atom. The van der Waals surface area contributed by atoms with E-state index in [0.29, 0.717) is 12.2 Å². The van der Waals surface area contributed by atoms with E-state index in [9.17, 15) is 4.39 Å². The van der Waals surface area contributed by atoms with Crippen molar-refractivity contribution in [1.82, 2.24) is 4.57 Å². The van der Waals surface area contributed by atoms with E-state index in [-0.39, 0.29) is 11.6 Å². The zero-order valence-corrected chi connectivity index (χ0v) is 11.7. The second-order valence-electron chi connectivity index (χ2n) is 4.51. The third-order valence-corrected chi connectivity index (χ3v) is 3.39. The minimum atomic E-state index is -0.388. The van der Waals surface area contributed by atoms with E-state index in [1.165, 1.54) is 13.2 Å². The quantitative estimate of drug-likeness (QED) is 0.931.